The summed E-state index contributed by atoms with van der Waals surface area (Å²) in [4.78, 5) is 13.5. The molecule has 9 aromatic heterocycles. The van der Waals surface area contributed by atoms with Crippen molar-refractivity contribution in [3.8, 4) is 67.2 Å². The molecule has 9 heterocycles. The van der Waals surface area contributed by atoms with Gasteiger partial charge < -0.3 is 13.3 Å². The van der Waals surface area contributed by atoms with Crippen molar-refractivity contribution in [3.63, 3.8) is 0 Å². The van der Waals surface area contributed by atoms with Gasteiger partial charge in [0.15, 0.2) is 35.3 Å². The zero-order valence-corrected chi connectivity index (χ0v) is 62.3. The molecule has 0 atom stereocenters. The molecule has 106 heavy (non-hydrogen) atoms. The molecule has 0 amide bonds. The molecule has 15 aromatic rings. The van der Waals surface area contributed by atoms with E-state index in [1.165, 1.54) is 113 Å². The molecule has 2 fully saturated rings. The van der Waals surface area contributed by atoms with Gasteiger partial charge in [0.1, 0.15) is 21.1 Å². The van der Waals surface area contributed by atoms with E-state index in [1.807, 2.05) is 96.8 Å². The molecule has 0 N–H and O–H groups in total. The summed E-state index contributed by atoms with van der Waals surface area (Å²) in [5.41, 5.74) is 15.3. The zero-order chi connectivity index (χ0) is 89.3. The van der Waals surface area contributed by atoms with Gasteiger partial charge in [0.05, 0.1) is 22.3 Å². The molecule has 17 rings (SSSR count). The van der Waals surface area contributed by atoms with Crippen molar-refractivity contribution in [3.05, 3.63) is 251 Å². The van der Waals surface area contributed by atoms with Crippen molar-refractivity contribution in [1.82, 2.24) is 15.0 Å². The van der Waals surface area contributed by atoms with Gasteiger partial charge >= 0.3 is 0 Å². The van der Waals surface area contributed by atoms with Crippen LogP contribution in [0.3, 0.4) is 0 Å². The molecule has 2 saturated carbocycles. The van der Waals surface area contributed by atoms with E-state index in [-0.39, 0.29) is 34.2 Å². The Labute approximate surface area is 651 Å². The van der Waals surface area contributed by atoms with Crippen molar-refractivity contribution in [2.75, 3.05) is 0 Å². The Morgan fingerprint density at radius 3 is 1.25 bits per heavy atom. The smallest absolute Gasteiger partial charge is 0.227 e. The van der Waals surface area contributed by atoms with Gasteiger partial charge in [0, 0.05) is 120 Å². The molecule has 0 saturated heterocycles. The molecular weight excluding hydrogens is 1300 g/mol. The first kappa shape index (κ1) is 52.6. The van der Waals surface area contributed by atoms with Crippen LogP contribution in [-0.2, 0) is 37.4 Å². The van der Waals surface area contributed by atoms with Gasteiger partial charge in [-0.05, 0) is 168 Å². The summed E-state index contributed by atoms with van der Waals surface area (Å²) in [5, 5.41) is 4.59. The minimum absolute atomic E-state index is 0.0406. The Balaban J connectivity index is 0.000000144. The van der Waals surface area contributed by atoms with E-state index in [1.54, 1.807) is 18.2 Å². The topological polar surface area (TPSA) is 89.7 Å². The van der Waals surface area contributed by atoms with E-state index in [0.29, 0.717) is 50.7 Å². The van der Waals surface area contributed by atoms with E-state index in [2.05, 4.69) is 152 Å². The van der Waals surface area contributed by atoms with Crippen LogP contribution in [0.1, 0.15) is 220 Å². The van der Waals surface area contributed by atoms with E-state index >= 15 is 0 Å². The quantitative estimate of drug-likeness (QED) is 0.134. The Morgan fingerprint density at radius 1 is 0.396 bits per heavy atom. The summed E-state index contributed by atoms with van der Waals surface area (Å²) < 4.78 is 170. The van der Waals surface area contributed by atoms with Crippen LogP contribution in [0.2, 0.25) is 0 Å². The fourth-order valence-electron chi connectivity index (χ4n) is 15.9. The number of hydrogen-bond donors (Lipinski definition) is 0. The van der Waals surface area contributed by atoms with Crippen molar-refractivity contribution in [1.29, 1.82) is 0 Å². The highest BCUT2D eigenvalue weighted by Crippen LogP contribution is 2.45. The Bertz CT molecular complexity index is 6530. The number of furan rings is 3. The number of benzene rings is 6. The van der Waals surface area contributed by atoms with E-state index in [0.717, 1.165) is 94.4 Å². The summed E-state index contributed by atoms with van der Waals surface area (Å²) in [6.45, 7) is -2.67. The van der Waals surface area contributed by atoms with Gasteiger partial charge in [0.25, 0.3) is 0 Å². The third-order valence-electron chi connectivity index (χ3n) is 21.9. The van der Waals surface area contributed by atoms with Gasteiger partial charge in [-0.25, -0.2) is 28.7 Å². The fourth-order valence-corrected chi connectivity index (χ4v) is 15.9. The van der Waals surface area contributed by atoms with Crippen LogP contribution in [0.4, 0.5) is 0 Å². The molecule has 2 aliphatic rings. The summed E-state index contributed by atoms with van der Waals surface area (Å²) in [6, 6.07) is 60.8. The molecule has 9 nitrogen and oxygen atoms in total. The van der Waals surface area contributed by atoms with Crippen LogP contribution in [0.25, 0.3) is 133 Å². The predicted molar refractivity (Wildman–Crippen MR) is 438 cm³/mol. The number of rotatable bonds is 9. The minimum Gasteiger partial charge on any atom is -0.437 e. The van der Waals surface area contributed by atoms with Crippen LogP contribution in [-0.4, -0.2) is 15.0 Å². The van der Waals surface area contributed by atoms with Gasteiger partial charge in [-0.3, -0.25) is 0 Å². The third kappa shape index (κ3) is 13.8. The van der Waals surface area contributed by atoms with Gasteiger partial charge in [-0.2, -0.15) is 0 Å². The molecule has 6 aromatic carbocycles. The normalized spacial score (nSPS) is 17.2. The second-order valence-electron chi connectivity index (χ2n) is 30.4. The maximum Gasteiger partial charge on any atom is 0.227 e. The second kappa shape index (κ2) is 28.2. The highest BCUT2D eigenvalue weighted by molar-refractivity contribution is 6.11. The van der Waals surface area contributed by atoms with Crippen LogP contribution in [0.15, 0.2) is 214 Å². The number of fused-ring (bicyclic) bond motifs is 9. The Morgan fingerprint density at radius 2 is 0.802 bits per heavy atom. The zero-order valence-electron chi connectivity index (χ0n) is 80.3. The molecule has 9 heteroatoms. The standard InChI is InChI=1S/2C33H35N2O.C31H33N2O/c1-21-10-16-26-27-17-19-29(33(2,3)4)34-32(27)36-31(26)30(21)28-18-15-25(20-35(28)5)24-13-11-23(12-14-24)22-8-6-7-9-22;1-21-10-15-26-27-16-17-29(33(2,3)4)34-32(27)36-31(26)30(21)28-20-25(18-19-35(28)5)24-13-11-23(12-14-24)22-8-6-7-9-22;1-19(2)21-11-13-22(14-12-21)23-9-8-18-33(7)28(23)27-20(3)10-15-24-25-16-17-26(31(4,5)6)32-30(25)34-29(24)27/h2*10-20,22H,6-9H2,1-5H3;8-19H,1-7H3/q3*+1/i2*2D3,3D3;4D3,5D3. The summed E-state index contributed by atoms with van der Waals surface area (Å²) in [5.74, 6) is 1.79. The lowest BCUT2D eigenvalue weighted by Crippen LogP contribution is -2.31. The number of aryl methyl sites for hydroxylation is 6. The van der Waals surface area contributed by atoms with Crippen LogP contribution in [0, 0.1) is 20.8 Å². The van der Waals surface area contributed by atoms with Crippen molar-refractivity contribution < 1.29 is 51.6 Å². The molecule has 0 aliphatic heterocycles. The predicted octanol–water partition coefficient (Wildman–Crippen LogP) is 24.7. The lowest BCUT2D eigenvalue weighted by Gasteiger charge is -2.16. The number of hydrogen-bond acceptors (Lipinski definition) is 6. The summed E-state index contributed by atoms with van der Waals surface area (Å²) in [7, 11) is 6.01. The SMILES string of the molecule is [2H]C([2H])([2H])C(C)(c1ccc2c(n1)oc1c(-c3c(-c4ccc(C(C)C)cc4)ccc[n+]3C)c(C)ccc12)C([2H])([2H])[2H].[2H]C([2H])([2H])C(C)(c1ccc2c(n1)oc1c(-c3cc(-c4ccc(C5CCCC5)cc4)cc[n+]3C)c(C)ccc12)C([2H])([2H])[2H].[2H]C([2H])([2H])C(C)(c1ccc2c(n1)oc1c(-c3ccc(-c4ccc(C5CCCC5)cc4)c[n+]3C)c(C)ccc12)C([2H])([2H])[2H]. The average Bonchev–Trinajstić information content (AvgIpc) is 1.51. The van der Waals surface area contributed by atoms with Crippen molar-refractivity contribution in [2.45, 2.75) is 182 Å². The maximum atomic E-state index is 8.04. The molecule has 0 unspecified atom stereocenters. The van der Waals surface area contributed by atoms with Crippen molar-refractivity contribution >= 4 is 66.2 Å². The van der Waals surface area contributed by atoms with Crippen LogP contribution in [0.5, 0.6) is 0 Å². The molecule has 0 bridgehead atoms. The molecular formula is C97H103N6O3+3. The van der Waals surface area contributed by atoms with Gasteiger partial charge in [0.2, 0.25) is 34.2 Å². The first-order valence-electron chi connectivity index (χ1n) is 46.0. The Kier molecular flexibility index (Phi) is 14.0. The van der Waals surface area contributed by atoms with E-state index < -0.39 is 57.4 Å². The summed E-state index contributed by atoms with van der Waals surface area (Å²) >= 11 is 0. The third-order valence-corrected chi connectivity index (χ3v) is 21.9. The lowest BCUT2D eigenvalue weighted by molar-refractivity contribution is -0.660. The second-order valence-corrected chi connectivity index (χ2v) is 30.4. The van der Waals surface area contributed by atoms with E-state index in [4.69, 9.17) is 37.9 Å². The monoisotopic (exact) mass is 1420 g/mol. The largest absolute Gasteiger partial charge is 0.437 e. The molecule has 0 radical (unpaired) electrons. The molecule has 0 spiro atoms. The lowest BCUT2D eigenvalue weighted by atomic mass is 9.91. The number of nitrogens with zero attached hydrogens (tertiary/aromatic N) is 6. The van der Waals surface area contributed by atoms with Crippen LogP contribution >= 0.6 is 0 Å². The number of aromatic nitrogens is 6. The molecule has 2 aliphatic carbocycles. The van der Waals surface area contributed by atoms with Crippen molar-refractivity contribution in [2.24, 2.45) is 21.1 Å². The maximum absolute atomic E-state index is 8.04. The fraction of sp³-hybridized carbons (Fsp3) is 0.320. The highest BCUT2D eigenvalue weighted by Gasteiger charge is 2.30. The first-order valence-corrected chi connectivity index (χ1v) is 37.0. The van der Waals surface area contributed by atoms with E-state index in [9.17, 15) is 0 Å². The van der Waals surface area contributed by atoms with Gasteiger partial charge in [-0.15, -0.1) is 0 Å². The minimum atomic E-state index is -2.80. The van der Waals surface area contributed by atoms with Crippen LogP contribution < -0.4 is 13.7 Å². The average molecular weight is 1420 g/mol. The highest BCUT2D eigenvalue weighted by atomic mass is 16.3. The molecule has 536 valence electrons. The Hall–Kier alpha value is -10.4. The first-order chi connectivity index (χ1) is 58.2. The summed E-state index contributed by atoms with van der Waals surface area (Å²) in [6.07, 6.45) is 16.5. The van der Waals surface area contributed by atoms with Gasteiger partial charge in [-0.1, -0.05) is 211 Å². The number of pyridine rings is 6.